The predicted octanol–water partition coefficient (Wildman–Crippen LogP) is 4.09. The lowest BCUT2D eigenvalue weighted by Crippen LogP contribution is -2.21. The lowest BCUT2D eigenvalue weighted by Gasteiger charge is -2.11. The van der Waals surface area contributed by atoms with Crippen molar-refractivity contribution in [3.63, 3.8) is 0 Å². The summed E-state index contributed by atoms with van der Waals surface area (Å²) >= 11 is 6.93. The van der Waals surface area contributed by atoms with Gasteiger partial charge in [0.05, 0.1) is 21.6 Å². The third-order valence-corrected chi connectivity index (χ3v) is 5.27. The maximum absolute atomic E-state index is 12.8. The van der Waals surface area contributed by atoms with Crippen LogP contribution in [-0.4, -0.2) is 36.8 Å². The zero-order chi connectivity index (χ0) is 20.5. The first-order valence-corrected chi connectivity index (χ1v) is 9.13. The van der Waals surface area contributed by atoms with Gasteiger partial charge in [0, 0.05) is 19.2 Å². The average Bonchev–Trinajstić information content (AvgIpc) is 2.97. The average molecular weight is 432 g/mol. The Morgan fingerprint density at radius 2 is 2.04 bits per heavy atom. The van der Waals surface area contributed by atoms with Gasteiger partial charge in [0.1, 0.15) is 5.03 Å². The number of imidazole rings is 1. The van der Waals surface area contributed by atoms with Crippen LogP contribution in [0.25, 0.3) is 11.0 Å². The number of aromatic nitrogens is 3. The van der Waals surface area contributed by atoms with Crippen molar-refractivity contribution in [2.45, 2.75) is 35.4 Å². The highest BCUT2D eigenvalue weighted by Gasteiger charge is 2.31. The molecule has 2 N–H and O–H groups in total. The number of carboxylic acid groups (broad SMARTS) is 1. The van der Waals surface area contributed by atoms with Crippen LogP contribution >= 0.6 is 23.4 Å². The second-order valence-corrected chi connectivity index (χ2v) is 7.15. The molecule has 0 aliphatic heterocycles. The topological polar surface area (TPSA) is 88.2 Å². The van der Waals surface area contributed by atoms with Crippen molar-refractivity contribution in [2.75, 3.05) is 0 Å². The third-order valence-electron chi connectivity index (χ3n) is 3.85. The van der Waals surface area contributed by atoms with Crippen LogP contribution in [-0.2, 0) is 17.5 Å². The van der Waals surface area contributed by atoms with Crippen molar-refractivity contribution >= 4 is 40.4 Å². The number of rotatable bonds is 6. The summed E-state index contributed by atoms with van der Waals surface area (Å²) in [4.78, 5) is 19.1. The van der Waals surface area contributed by atoms with Gasteiger partial charge >= 0.3 is 12.1 Å². The molecule has 2 heterocycles. The number of alkyl halides is 3. The van der Waals surface area contributed by atoms with Gasteiger partial charge in [-0.3, -0.25) is 0 Å². The molecule has 3 rings (SSSR count). The van der Waals surface area contributed by atoms with E-state index in [-0.39, 0.29) is 23.0 Å². The second kappa shape index (κ2) is 7.98. The molecule has 11 heteroatoms. The Kier molecular flexibility index (Phi) is 5.82. The first kappa shape index (κ1) is 20.4. The SMILES string of the molecule is O=C(O)[C@H](O)CCn1c(Sc2ncc(C(F)(F)F)cc2Cl)nc2ccccc21. The number of para-hydroxylation sites is 2. The Balaban J connectivity index is 1.94. The van der Waals surface area contributed by atoms with E-state index in [9.17, 15) is 23.1 Å². The van der Waals surface area contributed by atoms with Crippen LogP contribution in [0.3, 0.4) is 0 Å². The van der Waals surface area contributed by atoms with E-state index in [0.717, 1.165) is 17.8 Å². The Morgan fingerprint density at radius 1 is 1.32 bits per heavy atom. The molecule has 0 saturated heterocycles. The fourth-order valence-corrected chi connectivity index (χ4v) is 3.62. The molecule has 0 amide bonds. The third kappa shape index (κ3) is 4.40. The van der Waals surface area contributed by atoms with E-state index in [1.807, 2.05) is 0 Å². The number of hydrogen-bond acceptors (Lipinski definition) is 5. The first-order chi connectivity index (χ1) is 13.2. The number of hydrogen-bond donors (Lipinski definition) is 2. The molecule has 0 saturated carbocycles. The molecule has 1 atom stereocenters. The molecule has 0 fully saturated rings. The largest absolute Gasteiger partial charge is 0.479 e. The number of benzene rings is 1. The number of fused-ring (bicyclic) bond motifs is 1. The zero-order valence-electron chi connectivity index (χ0n) is 14.0. The number of aliphatic carboxylic acids is 1. The molecule has 2 aromatic heterocycles. The summed E-state index contributed by atoms with van der Waals surface area (Å²) < 4.78 is 40.0. The number of aliphatic hydroxyl groups is 1. The number of carboxylic acids is 1. The second-order valence-electron chi connectivity index (χ2n) is 5.79. The number of nitrogens with zero attached hydrogens (tertiary/aromatic N) is 3. The highest BCUT2D eigenvalue weighted by Crippen LogP contribution is 2.37. The van der Waals surface area contributed by atoms with Crippen LogP contribution in [0.1, 0.15) is 12.0 Å². The maximum atomic E-state index is 12.8. The van der Waals surface area contributed by atoms with Gasteiger partial charge in [-0.1, -0.05) is 23.7 Å². The van der Waals surface area contributed by atoms with Crippen LogP contribution in [0.5, 0.6) is 0 Å². The van der Waals surface area contributed by atoms with Gasteiger partial charge in [-0.25, -0.2) is 14.8 Å². The Bertz CT molecular complexity index is 1030. The van der Waals surface area contributed by atoms with E-state index >= 15 is 0 Å². The molecule has 0 aliphatic rings. The molecule has 3 aromatic rings. The summed E-state index contributed by atoms with van der Waals surface area (Å²) in [6, 6.07) is 7.83. The summed E-state index contributed by atoms with van der Waals surface area (Å²) in [5.74, 6) is -1.34. The van der Waals surface area contributed by atoms with Crippen LogP contribution in [0.4, 0.5) is 13.2 Å². The van der Waals surface area contributed by atoms with Crippen molar-refractivity contribution in [3.05, 3.63) is 47.1 Å². The number of pyridine rings is 1. The zero-order valence-corrected chi connectivity index (χ0v) is 15.6. The Labute approximate surface area is 166 Å². The van der Waals surface area contributed by atoms with Gasteiger partial charge < -0.3 is 14.8 Å². The van der Waals surface area contributed by atoms with Gasteiger partial charge in [-0.2, -0.15) is 13.2 Å². The lowest BCUT2D eigenvalue weighted by atomic mass is 10.2. The molecule has 148 valence electrons. The summed E-state index contributed by atoms with van der Waals surface area (Å²) in [5, 5.41) is 18.7. The molecule has 1 aromatic carbocycles. The van der Waals surface area contributed by atoms with Crippen molar-refractivity contribution < 1.29 is 28.2 Å². The van der Waals surface area contributed by atoms with E-state index in [2.05, 4.69) is 9.97 Å². The first-order valence-electron chi connectivity index (χ1n) is 7.93. The lowest BCUT2D eigenvalue weighted by molar-refractivity contribution is -0.147. The molecular formula is C17H13ClF3N3O3S. The van der Waals surface area contributed by atoms with Gasteiger partial charge in [0.15, 0.2) is 11.3 Å². The molecule has 0 aliphatic carbocycles. The predicted molar refractivity (Wildman–Crippen MR) is 96.4 cm³/mol. The number of aliphatic hydroxyl groups excluding tert-OH is 1. The Morgan fingerprint density at radius 3 is 2.68 bits per heavy atom. The maximum Gasteiger partial charge on any atom is 0.417 e. The number of aryl methyl sites for hydroxylation is 1. The smallest absolute Gasteiger partial charge is 0.417 e. The Hall–Kier alpha value is -2.30. The van der Waals surface area contributed by atoms with Crippen LogP contribution in [0.2, 0.25) is 5.02 Å². The summed E-state index contributed by atoms with van der Waals surface area (Å²) in [6.45, 7) is 0.133. The highest BCUT2D eigenvalue weighted by atomic mass is 35.5. The molecule has 0 radical (unpaired) electrons. The molecule has 0 spiro atoms. The minimum atomic E-state index is -4.56. The number of halogens is 4. The van der Waals surface area contributed by atoms with Gasteiger partial charge in [0.2, 0.25) is 0 Å². The van der Waals surface area contributed by atoms with Gasteiger partial charge in [-0.05, 0) is 30.0 Å². The normalized spacial score (nSPS) is 13.0. The van der Waals surface area contributed by atoms with Gasteiger partial charge in [0.25, 0.3) is 0 Å². The van der Waals surface area contributed by atoms with Gasteiger partial charge in [-0.15, -0.1) is 0 Å². The van der Waals surface area contributed by atoms with E-state index in [4.69, 9.17) is 16.7 Å². The quantitative estimate of drug-likeness (QED) is 0.611. The fourth-order valence-electron chi connectivity index (χ4n) is 2.46. The molecule has 28 heavy (non-hydrogen) atoms. The van der Waals surface area contributed by atoms with E-state index in [0.29, 0.717) is 22.4 Å². The van der Waals surface area contributed by atoms with Crippen molar-refractivity contribution in [1.29, 1.82) is 0 Å². The van der Waals surface area contributed by atoms with Crippen molar-refractivity contribution in [1.82, 2.24) is 14.5 Å². The molecule has 0 unspecified atom stereocenters. The van der Waals surface area contributed by atoms with Crippen molar-refractivity contribution in [3.8, 4) is 0 Å². The molecule has 6 nitrogen and oxygen atoms in total. The fraction of sp³-hybridized carbons (Fsp3) is 0.235. The monoisotopic (exact) mass is 431 g/mol. The van der Waals surface area contributed by atoms with E-state index < -0.39 is 23.8 Å². The summed E-state index contributed by atoms with van der Waals surface area (Å²) in [7, 11) is 0. The number of carbonyl (C=O) groups is 1. The molecular weight excluding hydrogens is 419 g/mol. The van der Waals surface area contributed by atoms with Crippen LogP contribution in [0, 0.1) is 0 Å². The van der Waals surface area contributed by atoms with E-state index in [1.165, 1.54) is 0 Å². The standard InChI is InChI=1S/C17H13ClF3N3O3S/c18-10-7-9(17(19,20)21)8-22-14(10)28-16-23-11-3-1-2-4-12(11)24(16)6-5-13(25)15(26)27/h1-4,7-8,13,25H,5-6H2,(H,26,27)/t13-/m1/s1. The highest BCUT2D eigenvalue weighted by molar-refractivity contribution is 7.99. The van der Waals surface area contributed by atoms with Crippen molar-refractivity contribution in [2.24, 2.45) is 0 Å². The van der Waals surface area contributed by atoms with Crippen LogP contribution in [0.15, 0.2) is 46.7 Å². The van der Waals surface area contributed by atoms with E-state index in [1.54, 1.807) is 28.8 Å². The minimum absolute atomic E-state index is 0.0720. The van der Waals surface area contributed by atoms with Crippen LogP contribution < -0.4 is 0 Å². The molecule has 0 bridgehead atoms. The summed E-state index contributed by atoms with van der Waals surface area (Å²) in [6.07, 6.45) is -5.49. The summed E-state index contributed by atoms with van der Waals surface area (Å²) in [5.41, 5.74) is 0.336. The minimum Gasteiger partial charge on any atom is -0.479 e.